The first-order valence-corrected chi connectivity index (χ1v) is 5.77. The molecule has 16 heavy (non-hydrogen) atoms. The number of nitrogens with zero attached hydrogens (tertiary/aromatic N) is 3. The van der Waals surface area contributed by atoms with Gasteiger partial charge in [0.05, 0.1) is 18.4 Å². The summed E-state index contributed by atoms with van der Waals surface area (Å²) >= 11 is 0. The number of hydrogen-bond acceptors (Lipinski definition) is 5. The molecule has 0 unspecified atom stereocenters. The van der Waals surface area contributed by atoms with Crippen LogP contribution in [0.15, 0.2) is 6.33 Å². The number of ether oxygens (including phenoxy) is 1. The first-order chi connectivity index (χ1) is 7.86. The molecule has 5 nitrogen and oxygen atoms in total. The quantitative estimate of drug-likeness (QED) is 0.746. The standard InChI is InChI=1S/C11H16N4O/c1-8-10-9(6-16-8)13-7-14-11(10)15-4-2-12-3-5-15/h7-8,12H,2-6H2,1H3/t8-/m0/s1. The number of aromatic nitrogens is 2. The molecule has 0 aliphatic carbocycles. The molecule has 1 aromatic heterocycles. The highest BCUT2D eigenvalue weighted by atomic mass is 16.5. The maximum absolute atomic E-state index is 5.61. The molecular weight excluding hydrogens is 204 g/mol. The summed E-state index contributed by atoms with van der Waals surface area (Å²) in [7, 11) is 0. The van der Waals surface area contributed by atoms with Gasteiger partial charge >= 0.3 is 0 Å². The fourth-order valence-electron chi connectivity index (χ4n) is 2.37. The van der Waals surface area contributed by atoms with Crippen molar-refractivity contribution >= 4 is 5.82 Å². The summed E-state index contributed by atoms with van der Waals surface area (Å²) in [5, 5.41) is 3.35. The van der Waals surface area contributed by atoms with E-state index in [1.54, 1.807) is 6.33 Å². The fraction of sp³-hybridized carbons (Fsp3) is 0.636. The molecule has 1 aromatic rings. The summed E-state index contributed by atoms with van der Waals surface area (Å²) < 4.78 is 5.61. The molecule has 3 rings (SSSR count). The van der Waals surface area contributed by atoms with E-state index in [0.717, 1.165) is 37.7 Å². The Morgan fingerprint density at radius 1 is 1.38 bits per heavy atom. The second-order valence-electron chi connectivity index (χ2n) is 4.25. The third kappa shape index (κ3) is 1.56. The molecule has 1 atom stereocenters. The van der Waals surface area contributed by atoms with E-state index in [0.29, 0.717) is 6.61 Å². The van der Waals surface area contributed by atoms with Crippen molar-refractivity contribution in [3.63, 3.8) is 0 Å². The van der Waals surface area contributed by atoms with Crippen LogP contribution in [0.25, 0.3) is 0 Å². The van der Waals surface area contributed by atoms with Crippen molar-refractivity contribution in [3.05, 3.63) is 17.6 Å². The lowest BCUT2D eigenvalue weighted by atomic mass is 10.1. The third-order valence-electron chi connectivity index (χ3n) is 3.24. The van der Waals surface area contributed by atoms with Crippen LogP contribution in [0, 0.1) is 0 Å². The Balaban J connectivity index is 1.97. The van der Waals surface area contributed by atoms with Crippen molar-refractivity contribution in [1.82, 2.24) is 15.3 Å². The molecule has 1 fully saturated rings. The topological polar surface area (TPSA) is 50.3 Å². The summed E-state index contributed by atoms with van der Waals surface area (Å²) in [5.74, 6) is 1.07. The van der Waals surface area contributed by atoms with E-state index in [1.807, 2.05) is 0 Å². The lowest BCUT2D eigenvalue weighted by Gasteiger charge is -2.30. The second-order valence-corrected chi connectivity index (χ2v) is 4.25. The first-order valence-electron chi connectivity index (χ1n) is 5.77. The minimum absolute atomic E-state index is 0.126. The molecule has 0 aromatic carbocycles. The zero-order chi connectivity index (χ0) is 11.0. The molecule has 2 aliphatic heterocycles. The summed E-state index contributed by atoms with van der Waals surface area (Å²) in [6.07, 6.45) is 1.78. The van der Waals surface area contributed by atoms with Crippen LogP contribution in [0.2, 0.25) is 0 Å². The van der Waals surface area contributed by atoms with Crippen LogP contribution in [-0.4, -0.2) is 36.1 Å². The molecular formula is C11H16N4O. The molecule has 1 N–H and O–H groups in total. The predicted molar refractivity (Wildman–Crippen MR) is 60.3 cm³/mol. The van der Waals surface area contributed by atoms with Crippen molar-refractivity contribution < 1.29 is 4.74 Å². The molecule has 0 spiro atoms. The first kappa shape index (κ1) is 9.99. The van der Waals surface area contributed by atoms with E-state index in [2.05, 4.69) is 27.1 Å². The van der Waals surface area contributed by atoms with Crippen LogP contribution in [-0.2, 0) is 11.3 Å². The van der Waals surface area contributed by atoms with Crippen molar-refractivity contribution in [1.29, 1.82) is 0 Å². The SMILES string of the molecule is C[C@@H]1OCc2ncnc(N3CCNCC3)c21. The van der Waals surface area contributed by atoms with Crippen LogP contribution in [0.3, 0.4) is 0 Å². The second kappa shape index (κ2) is 3.99. The van der Waals surface area contributed by atoms with E-state index >= 15 is 0 Å². The number of rotatable bonds is 1. The molecule has 2 aliphatic rings. The number of piperazine rings is 1. The Kier molecular flexibility index (Phi) is 2.49. The summed E-state index contributed by atoms with van der Waals surface area (Å²) in [6.45, 7) is 6.76. The fourth-order valence-corrected chi connectivity index (χ4v) is 2.37. The van der Waals surface area contributed by atoms with Gasteiger partial charge in [-0.3, -0.25) is 0 Å². The molecule has 0 bridgehead atoms. The maximum Gasteiger partial charge on any atom is 0.138 e. The Morgan fingerprint density at radius 2 is 2.19 bits per heavy atom. The van der Waals surface area contributed by atoms with Crippen molar-refractivity contribution in [2.45, 2.75) is 19.6 Å². The highest BCUT2D eigenvalue weighted by molar-refractivity contribution is 5.51. The zero-order valence-corrected chi connectivity index (χ0v) is 9.44. The molecule has 1 saturated heterocycles. The molecule has 5 heteroatoms. The Hall–Kier alpha value is -1.20. The van der Waals surface area contributed by atoms with Crippen LogP contribution < -0.4 is 10.2 Å². The van der Waals surface area contributed by atoms with Gasteiger partial charge in [-0.15, -0.1) is 0 Å². The summed E-state index contributed by atoms with van der Waals surface area (Å²) in [6, 6.07) is 0. The number of hydrogen-bond donors (Lipinski definition) is 1. The summed E-state index contributed by atoms with van der Waals surface area (Å²) in [4.78, 5) is 11.0. The van der Waals surface area contributed by atoms with Gasteiger partial charge in [-0.2, -0.15) is 0 Å². The van der Waals surface area contributed by atoms with Crippen molar-refractivity contribution in [2.24, 2.45) is 0 Å². The lowest BCUT2D eigenvalue weighted by Crippen LogP contribution is -2.44. The summed E-state index contributed by atoms with van der Waals surface area (Å²) in [5.41, 5.74) is 2.24. The van der Waals surface area contributed by atoms with E-state index in [1.165, 1.54) is 5.56 Å². The Morgan fingerprint density at radius 3 is 3.00 bits per heavy atom. The van der Waals surface area contributed by atoms with Crippen molar-refractivity contribution in [2.75, 3.05) is 31.1 Å². The predicted octanol–water partition coefficient (Wildman–Crippen LogP) is 0.477. The van der Waals surface area contributed by atoms with Crippen molar-refractivity contribution in [3.8, 4) is 0 Å². The van der Waals surface area contributed by atoms with Gasteiger partial charge in [0.1, 0.15) is 12.1 Å². The smallest absolute Gasteiger partial charge is 0.138 e. The number of fused-ring (bicyclic) bond motifs is 1. The van der Waals surface area contributed by atoms with Gasteiger partial charge in [-0.25, -0.2) is 9.97 Å². The Bertz CT molecular complexity index is 390. The highest BCUT2D eigenvalue weighted by Crippen LogP contribution is 2.34. The van der Waals surface area contributed by atoms with Crippen LogP contribution in [0.1, 0.15) is 24.3 Å². The van der Waals surface area contributed by atoms with E-state index < -0.39 is 0 Å². The average Bonchev–Trinajstić information content (AvgIpc) is 2.73. The minimum Gasteiger partial charge on any atom is -0.367 e. The van der Waals surface area contributed by atoms with Crippen LogP contribution in [0.5, 0.6) is 0 Å². The van der Waals surface area contributed by atoms with Crippen LogP contribution >= 0.6 is 0 Å². The Labute approximate surface area is 94.8 Å². The van der Waals surface area contributed by atoms with Gasteiger partial charge in [0.25, 0.3) is 0 Å². The maximum atomic E-state index is 5.61. The third-order valence-corrected chi connectivity index (χ3v) is 3.24. The van der Waals surface area contributed by atoms with Gasteiger partial charge in [0.2, 0.25) is 0 Å². The van der Waals surface area contributed by atoms with Crippen LogP contribution in [0.4, 0.5) is 5.82 Å². The normalized spacial score (nSPS) is 24.6. The van der Waals surface area contributed by atoms with E-state index in [9.17, 15) is 0 Å². The highest BCUT2D eigenvalue weighted by Gasteiger charge is 2.27. The average molecular weight is 220 g/mol. The largest absolute Gasteiger partial charge is 0.367 e. The van der Waals surface area contributed by atoms with Gasteiger partial charge in [0.15, 0.2) is 0 Å². The van der Waals surface area contributed by atoms with Gasteiger partial charge in [0, 0.05) is 31.7 Å². The molecule has 0 saturated carbocycles. The van der Waals surface area contributed by atoms with E-state index in [4.69, 9.17) is 4.74 Å². The van der Waals surface area contributed by atoms with Gasteiger partial charge in [-0.05, 0) is 6.92 Å². The monoisotopic (exact) mass is 220 g/mol. The zero-order valence-electron chi connectivity index (χ0n) is 9.44. The lowest BCUT2D eigenvalue weighted by molar-refractivity contribution is 0.0788. The molecule has 0 radical (unpaired) electrons. The number of nitrogens with one attached hydrogen (secondary N) is 1. The molecule has 0 amide bonds. The molecule has 86 valence electrons. The van der Waals surface area contributed by atoms with E-state index in [-0.39, 0.29) is 6.10 Å². The molecule has 3 heterocycles. The van der Waals surface area contributed by atoms with Gasteiger partial charge < -0.3 is 15.0 Å². The minimum atomic E-state index is 0.126. The van der Waals surface area contributed by atoms with Gasteiger partial charge in [-0.1, -0.05) is 0 Å². The number of anilines is 1.